The minimum atomic E-state index is -0.378. The lowest BCUT2D eigenvalue weighted by Crippen LogP contribution is -2.27. The lowest BCUT2D eigenvalue weighted by molar-refractivity contribution is -0.113. The molecule has 0 radical (unpaired) electrons. The van der Waals surface area contributed by atoms with Crippen LogP contribution >= 0.6 is 23.4 Å². The Kier molecular flexibility index (Phi) is 7.45. The molecule has 3 aromatic carbocycles. The zero-order valence-corrected chi connectivity index (χ0v) is 20.2. The average molecular weight is 496 g/mol. The van der Waals surface area contributed by atoms with Gasteiger partial charge in [-0.15, -0.1) is 0 Å². The van der Waals surface area contributed by atoms with Crippen molar-refractivity contribution in [3.8, 4) is 17.2 Å². The van der Waals surface area contributed by atoms with Crippen molar-refractivity contribution in [2.75, 3.05) is 18.6 Å². The lowest BCUT2D eigenvalue weighted by atomic mass is 10.1. The molecule has 1 heterocycles. The van der Waals surface area contributed by atoms with Crippen molar-refractivity contribution in [2.45, 2.75) is 13.5 Å². The van der Waals surface area contributed by atoms with Crippen molar-refractivity contribution in [3.05, 3.63) is 87.8 Å². The van der Waals surface area contributed by atoms with E-state index in [1.165, 1.54) is 0 Å². The predicted octanol–water partition coefficient (Wildman–Crippen LogP) is 6.57. The molecule has 4 rings (SSSR count). The first kappa shape index (κ1) is 23.7. The van der Waals surface area contributed by atoms with E-state index in [0.717, 1.165) is 22.2 Å². The van der Waals surface area contributed by atoms with Crippen LogP contribution < -0.4 is 19.1 Å². The summed E-state index contributed by atoms with van der Waals surface area (Å²) in [7, 11) is 1.56. The molecule has 0 saturated carbocycles. The minimum Gasteiger partial charge on any atom is -0.497 e. The Morgan fingerprint density at radius 3 is 2.44 bits per heavy atom. The zero-order valence-electron chi connectivity index (χ0n) is 18.6. The summed E-state index contributed by atoms with van der Waals surface area (Å²) in [5.41, 5.74) is 2.07. The molecule has 0 spiro atoms. The number of hydrogen-bond acceptors (Lipinski definition) is 6. The van der Waals surface area contributed by atoms with Crippen molar-refractivity contribution in [1.29, 1.82) is 0 Å². The predicted molar refractivity (Wildman–Crippen MR) is 135 cm³/mol. The van der Waals surface area contributed by atoms with Crippen molar-refractivity contribution < 1.29 is 23.8 Å². The van der Waals surface area contributed by atoms with Crippen LogP contribution in [0.3, 0.4) is 0 Å². The van der Waals surface area contributed by atoms with Gasteiger partial charge >= 0.3 is 0 Å². The molecule has 34 heavy (non-hydrogen) atoms. The van der Waals surface area contributed by atoms with Gasteiger partial charge in [0.25, 0.3) is 11.1 Å². The number of halogens is 1. The first-order valence-corrected chi connectivity index (χ1v) is 11.7. The zero-order chi connectivity index (χ0) is 24.1. The number of hydrogen-bond donors (Lipinski definition) is 0. The highest BCUT2D eigenvalue weighted by Gasteiger charge is 2.36. The smallest absolute Gasteiger partial charge is 0.298 e. The number of methoxy groups -OCH3 is 1. The van der Waals surface area contributed by atoms with Crippen molar-refractivity contribution in [2.24, 2.45) is 0 Å². The van der Waals surface area contributed by atoms with E-state index in [2.05, 4.69) is 0 Å². The molecule has 0 atom stereocenters. The molecule has 0 bridgehead atoms. The summed E-state index contributed by atoms with van der Waals surface area (Å²) in [5, 5.41) is 0.274. The lowest BCUT2D eigenvalue weighted by Gasteiger charge is -2.14. The van der Waals surface area contributed by atoms with Gasteiger partial charge in [0.2, 0.25) is 0 Å². The first-order chi connectivity index (χ1) is 16.5. The van der Waals surface area contributed by atoms with Gasteiger partial charge in [0, 0.05) is 10.6 Å². The molecule has 1 aliphatic heterocycles. The van der Waals surface area contributed by atoms with E-state index >= 15 is 0 Å². The molecule has 0 aliphatic carbocycles. The van der Waals surface area contributed by atoms with Crippen LogP contribution in [0.1, 0.15) is 18.1 Å². The van der Waals surface area contributed by atoms with Gasteiger partial charge in [-0.3, -0.25) is 9.59 Å². The van der Waals surface area contributed by atoms with Crippen LogP contribution in [0.2, 0.25) is 5.02 Å². The highest BCUT2D eigenvalue weighted by Crippen LogP contribution is 2.37. The van der Waals surface area contributed by atoms with Crippen LogP contribution in [-0.2, 0) is 11.4 Å². The molecule has 174 valence electrons. The maximum atomic E-state index is 13.0. The largest absolute Gasteiger partial charge is 0.497 e. The molecule has 8 heteroatoms. The molecule has 0 aromatic heterocycles. The van der Waals surface area contributed by atoms with E-state index in [4.69, 9.17) is 25.8 Å². The number of nitrogens with zero attached hydrogens (tertiary/aromatic N) is 1. The number of carbonyl (C=O) groups is 2. The number of imide groups is 1. The number of benzene rings is 3. The summed E-state index contributed by atoms with van der Waals surface area (Å²) in [6, 6.07) is 19.6. The molecule has 1 saturated heterocycles. The third-order valence-electron chi connectivity index (χ3n) is 5.03. The second kappa shape index (κ2) is 10.7. The Labute approximate surface area is 207 Å². The average Bonchev–Trinajstić information content (AvgIpc) is 3.12. The van der Waals surface area contributed by atoms with Crippen LogP contribution in [-0.4, -0.2) is 24.9 Å². The molecule has 1 fully saturated rings. The Bertz CT molecular complexity index is 1240. The van der Waals surface area contributed by atoms with Crippen molar-refractivity contribution in [3.63, 3.8) is 0 Å². The molecular formula is C26H22ClNO5S. The highest BCUT2D eigenvalue weighted by atomic mass is 35.5. The Balaban J connectivity index is 1.54. The van der Waals surface area contributed by atoms with Crippen LogP contribution in [0.5, 0.6) is 17.2 Å². The topological polar surface area (TPSA) is 65.1 Å². The maximum absolute atomic E-state index is 13.0. The van der Waals surface area contributed by atoms with E-state index in [9.17, 15) is 9.59 Å². The summed E-state index contributed by atoms with van der Waals surface area (Å²) in [4.78, 5) is 27.0. The van der Waals surface area contributed by atoms with Gasteiger partial charge in [-0.25, -0.2) is 4.90 Å². The third kappa shape index (κ3) is 5.21. The number of ether oxygens (including phenoxy) is 3. The van der Waals surface area contributed by atoms with Crippen LogP contribution in [0.4, 0.5) is 10.5 Å². The summed E-state index contributed by atoms with van der Waals surface area (Å²) in [5.74, 6) is 1.37. The van der Waals surface area contributed by atoms with Crippen molar-refractivity contribution >= 4 is 46.3 Å². The molecular weight excluding hydrogens is 474 g/mol. The quantitative estimate of drug-likeness (QED) is 0.329. The van der Waals surface area contributed by atoms with E-state index in [-0.39, 0.29) is 11.1 Å². The van der Waals surface area contributed by atoms with Gasteiger partial charge in [0.05, 0.1) is 24.3 Å². The maximum Gasteiger partial charge on any atom is 0.298 e. The number of anilines is 1. The number of rotatable bonds is 8. The standard InChI is InChI=1S/C26H22ClNO5S/c1-3-32-23-14-17(8-13-22(23)33-16-18-6-4-5-7-21(18)27)15-24-25(29)28(26(30)34-24)19-9-11-20(31-2)12-10-19/h4-15H,3,16H2,1-2H3/b24-15-. The normalized spacial score (nSPS) is 14.6. The summed E-state index contributed by atoms with van der Waals surface area (Å²) in [6.07, 6.45) is 1.68. The fourth-order valence-corrected chi connectivity index (χ4v) is 4.38. The van der Waals surface area contributed by atoms with Crippen molar-refractivity contribution in [1.82, 2.24) is 0 Å². The van der Waals surface area contributed by atoms with Gasteiger partial charge in [-0.1, -0.05) is 35.9 Å². The first-order valence-electron chi connectivity index (χ1n) is 10.5. The van der Waals surface area contributed by atoms with Crippen LogP contribution in [0.25, 0.3) is 6.08 Å². The fraction of sp³-hybridized carbons (Fsp3) is 0.154. The SMILES string of the molecule is CCOc1cc(/C=C2\SC(=O)N(c3ccc(OC)cc3)C2=O)ccc1OCc1ccccc1Cl. The van der Waals surface area contributed by atoms with E-state index in [1.54, 1.807) is 49.6 Å². The number of carbonyl (C=O) groups excluding carboxylic acids is 2. The van der Waals surface area contributed by atoms with Gasteiger partial charge < -0.3 is 14.2 Å². The van der Waals surface area contributed by atoms with E-state index < -0.39 is 0 Å². The monoisotopic (exact) mass is 495 g/mol. The molecule has 1 aliphatic rings. The third-order valence-corrected chi connectivity index (χ3v) is 6.27. The molecule has 0 unspecified atom stereocenters. The van der Waals surface area contributed by atoms with E-state index in [0.29, 0.717) is 51.6 Å². The van der Waals surface area contributed by atoms with Gasteiger partial charge in [0.1, 0.15) is 12.4 Å². The Hall–Kier alpha value is -3.42. The minimum absolute atomic E-state index is 0.292. The molecule has 2 amide bonds. The van der Waals surface area contributed by atoms with E-state index in [1.807, 2.05) is 37.3 Å². The van der Waals surface area contributed by atoms with Crippen LogP contribution in [0, 0.1) is 0 Å². The van der Waals surface area contributed by atoms with Gasteiger partial charge in [0.15, 0.2) is 11.5 Å². The summed E-state index contributed by atoms with van der Waals surface area (Å²) < 4.78 is 16.8. The van der Waals surface area contributed by atoms with Gasteiger partial charge in [-0.05, 0) is 72.8 Å². The Morgan fingerprint density at radius 2 is 1.74 bits per heavy atom. The second-order valence-electron chi connectivity index (χ2n) is 7.23. The molecule has 3 aromatic rings. The summed E-state index contributed by atoms with van der Waals surface area (Å²) >= 11 is 7.11. The number of thioether (sulfide) groups is 1. The second-order valence-corrected chi connectivity index (χ2v) is 8.63. The van der Waals surface area contributed by atoms with Gasteiger partial charge in [-0.2, -0.15) is 0 Å². The molecule has 6 nitrogen and oxygen atoms in total. The highest BCUT2D eigenvalue weighted by molar-refractivity contribution is 8.19. The number of amides is 2. The fourth-order valence-electron chi connectivity index (χ4n) is 3.35. The Morgan fingerprint density at radius 1 is 0.971 bits per heavy atom. The summed E-state index contributed by atoms with van der Waals surface area (Å²) in [6.45, 7) is 2.62. The molecule has 0 N–H and O–H groups in total. The van der Waals surface area contributed by atoms with Crippen LogP contribution in [0.15, 0.2) is 71.6 Å².